The van der Waals surface area contributed by atoms with Crippen molar-refractivity contribution in [3.8, 4) is 5.75 Å². The van der Waals surface area contributed by atoms with Crippen LogP contribution in [0.15, 0.2) is 90.8 Å². The van der Waals surface area contributed by atoms with Gasteiger partial charge in [0.25, 0.3) is 0 Å². The van der Waals surface area contributed by atoms with Gasteiger partial charge < -0.3 is 5.11 Å². The first-order chi connectivity index (χ1) is 12.6. The Hall–Kier alpha value is -2.16. The molecule has 0 radical (unpaired) electrons. The monoisotopic (exact) mass is 466 g/mol. The summed E-state index contributed by atoms with van der Waals surface area (Å²) in [6.07, 6.45) is 0. The number of halogens is 1. The molecule has 0 amide bonds. The van der Waals surface area contributed by atoms with E-state index in [4.69, 9.17) is 0 Å². The highest BCUT2D eigenvalue weighted by atomic mass is 79.9. The molecule has 0 spiro atoms. The summed E-state index contributed by atoms with van der Waals surface area (Å²) in [6, 6.07) is 15.8. The number of phenols is 1. The zero-order chi connectivity index (χ0) is 19.8. The van der Waals surface area contributed by atoms with Gasteiger partial charge in [0.05, 0.1) is 14.7 Å². The summed E-state index contributed by atoms with van der Waals surface area (Å²) in [4.78, 5) is -0.620. The second-order valence-corrected chi connectivity index (χ2v) is 10.6. The van der Waals surface area contributed by atoms with E-state index in [1.165, 1.54) is 31.2 Å². The van der Waals surface area contributed by atoms with Crippen LogP contribution >= 0.6 is 15.9 Å². The van der Waals surface area contributed by atoms with E-state index in [0.717, 1.165) is 12.1 Å². The highest BCUT2D eigenvalue weighted by Gasteiger charge is 2.27. The van der Waals surface area contributed by atoms with Gasteiger partial charge in [0.15, 0.2) is 0 Å². The third-order valence-electron chi connectivity index (χ3n) is 4.01. The first-order valence-corrected chi connectivity index (χ1v) is 11.5. The van der Waals surface area contributed by atoms with Crippen molar-refractivity contribution in [3.05, 3.63) is 76.8 Å². The first-order valence-electron chi connectivity index (χ1n) is 7.78. The topological polar surface area (TPSA) is 88.5 Å². The molecule has 0 unspecified atom stereocenters. The Labute approximate surface area is 166 Å². The molecule has 0 aliphatic carbocycles. The van der Waals surface area contributed by atoms with Gasteiger partial charge in [0, 0.05) is 4.47 Å². The third-order valence-corrected chi connectivity index (χ3v) is 8.25. The van der Waals surface area contributed by atoms with Crippen LogP contribution in [0.4, 0.5) is 0 Å². The molecule has 27 heavy (non-hydrogen) atoms. The van der Waals surface area contributed by atoms with Gasteiger partial charge in [-0.2, -0.15) is 0 Å². The molecule has 0 fully saturated rings. The van der Waals surface area contributed by atoms with Gasteiger partial charge in [-0.25, -0.2) is 16.8 Å². The minimum absolute atomic E-state index is 0.0470. The molecule has 140 valence electrons. The van der Waals surface area contributed by atoms with Crippen LogP contribution in [0.1, 0.15) is 5.56 Å². The highest BCUT2D eigenvalue weighted by Crippen LogP contribution is 2.35. The smallest absolute Gasteiger partial charge is 0.210 e. The van der Waals surface area contributed by atoms with Crippen molar-refractivity contribution in [2.75, 3.05) is 0 Å². The van der Waals surface area contributed by atoms with Gasteiger partial charge in [0.1, 0.15) is 10.6 Å². The summed E-state index contributed by atoms with van der Waals surface area (Å²) in [6.45, 7) is 1.51. The van der Waals surface area contributed by atoms with Crippen LogP contribution in [0, 0.1) is 6.92 Å². The Bertz CT molecular complexity index is 1200. The Morgan fingerprint density at radius 2 is 1.26 bits per heavy atom. The van der Waals surface area contributed by atoms with Crippen molar-refractivity contribution in [3.63, 3.8) is 0 Å². The van der Waals surface area contributed by atoms with E-state index in [0.29, 0.717) is 4.47 Å². The van der Waals surface area contributed by atoms with Gasteiger partial charge >= 0.3 is 0 Å². The second-order valence-electron chi connectivity index (χ2n) is 5.86. The fraction of sp³-hybridized carbons (Fsp3) is 0.0526. The van der Waals surface area contributed by atoms with Gasteiger partial charge in [-0.1, -0.05) is 34.1 Å². The van der Waals surface area contributed by atoms with Crippen LogP contribution in [0.5, 0.6) is 5.75 Å². The van der Waals surface area contributed by atoms with Gasteiger partial charge in [-0.3, -0.25) is 0 Å². The van der Waals surface area contributed by atoms with Gasteiger partial charge in [-0.15, -0.1) is 0 Å². The van der Waals surface area contributed by atoms with Crippen molar-refractivity contribution in [2.24, 2.45) is 0 Å². The van der Waals surface area contributed by atoms with E-state index in [2.05, 4.69) is 15.9 Å². The number of hydrogen-bond donors (Lipinski definition) is 1. The number of aromatic hydroxyl groups is 1. The molecule has 0 saturated carbocycles. The number of sulfone groups is 2. The summed E-state index contributed by atoms with van der Waals surface area (Å²) < 4.78 is 52.4. The Balaban J connectivity index is 2.23. The fourth-order valence-electron chi connectivity index (χ4n) is 2.63. The molecular weight excluding hydrogens is 452 g/mol. The molecule has 3 aromatic rings. The van der Waals surface area contributed by atoms with E-state index in [9.17, 15) is 21.9 Å². The molecule has 0 bridgehead atoms. The number of aryl methyl sites for hydroxylation is 1. The maximum Gasteiger partial charge on any atom is 0.210 e. The molecule has 1 N–H and O–H groups in total. The van der Waals surface area contributed by atoms with Crippen LogP contribution in [0.25, 0.3) is 0 Å². The summed E-state index contributed by atoms with van der Waals surface area (Å²) >= 11 is 3.23. The Morgan fingerprint density at radius 3 is 1.85 bits per heavy atom. The van der Waals surface area contributed by atoms with Crippen molar-refractivity contribution in [2.45, 2.75) is 26.5 Å². The lowest BCUT2D eigenvalue weighted by Crippen LogP contribution is -2.08. The average molecular weight is 467 g/mol. The number of rotatable bonds is 4. The molecular formula is C19H15BrO5S2. The molecule has 3 aromatic carbocycles. The van der Waals surface area contributed by atoms with Gasteiger partial charge in [-0.05, 0) is 61.0 Å². The van der Waals surface area contributed by atoms with Crippen LogP contribution < -0.4 is 0 Å². The zero-order valence-corrected chi connectivity index (χ0v) is 17.3. The molecule has 8 heteroatoms. The minimum atomic E-state index is -4.10. The van der Waals surface area contributed by atoms with Crippen molar-refractivity contribution >= 4 is 35.6 Å². The van der Waals surface area contributed by atoms with Crippen molar-refractivity contribution in [1.29, 1.82) is 0 Å². The van der Waals surface area contributed by atoms with E-state index in [1.807, 2.05) is 0 Å². The zero-order valence-electron chi connectivity index (χ0n) is 14.1. The lowest BCUT2D eigenvalue weighted by molar-refractivity contribution is 0.457. The van der Waals surface area contributed by atoms with Crippen LogP contribution in [0.2, 0.25) is 0 Å². The number of hydrogen-bond acceptors (Lipinski definition) is 5. The average Bonchev–Trinajstić information content (AvgIpc) is 2.62. The molecule has 0 aromatic heterocycles. The van der Waals surface area contributed by atoms with E-state index >= 15 is 0 Å². The normalized spacial score (nSPS) is 12.1. The predicted octanol–water partition coefficient (Wildman–Crippen LogP) is 4.13. The summed E-state index contributed by atoms with van der Waals surface area (Å²) in [5.41, 5.74) is 0.256. The Morgan fingerprint density at radius 1 is 0.741 bits per heavy atom. The molecule has 0 atom stereocenters. The highest BCUT2D eigenvalue weighted by molar-refractivity contribution is 9.10. The van der Waals surface area contributed by atoms with Crippen molar-refractivity contribution < 1.29 is 21.9 Å². The maximum absolute atomic E-state index is 12.9. The lowest BCUT2D eigenvalue weighted by Gasteiger charge is -2.13. The molecule has 0 heterocycles. The van der Waals surface area contributed by atoms with Crippen LogP contribution in [0.3, 0.4) is 0 Å². The quantitative estimate of drug-likeness (QED) is 0.624. The minimum Gasteiger partial charge on any atom is -0.507 e. The molecule has 0 saturated heterocycles. The van der Waals surface area contributed by atoms with Crippen molar-refractivity contribution in [1.82, 2.24) is 0 Å². The number of phenolic OH excluding ortho intramolecular Hbond substituents is 1. The van der Waals surface area contributed by atoms with E-state index < -0.39 is 30.3 Å². The van der Waals surface area contributed by atoms with E-state index in [-0.39, 0.29) is 20.2 Å². The second kappa shape index (κ2) is 7.10. The summed E-state index contributed by atoms with van der Waals surface area (Å²) in [7, 11) is -8.04. The summed E-state index contributed by atoms with van der Waals surface area (Å²) in [5, 5.41) is 10.2. The van der Waals surface area contributed by atoms with Crippen LogP contribution in [-0.2, 0) is 19.7 Å². The maximum atomic E-state index is 12.9. The molecule has 0 aliphatic heterocycles. The molecule has 0 aliphatic rings. The fourth-order valence-corrected chi connectivity index (χ4v) is 5.85. The predicted molar refractivity (Wildman–Crippen MR) is 104 cm³/mol. The number of benzene rings is 3. The van der Waals surface area contributed by atoms with Crippen LogP contribution in [-0.4, -0.2) is 21.9 Å². The van der Waals surface area contributed by atoms with E-state index in [1.54, 1.807) is 30.3 Å². The lowest BCUT2D eigenvalue weighted by atomic mass is 10.2. The Kier molecular flexibility index (Phi) is 5.16. The third kappa shape index (κ3) is 3.65. The van der Waals surface area contributed by atoms with Gasteiger partial charge in [0.2, 0.25) is 19.7 Å². The standard InChI is InChI=1S/C19H15BrO5S2/c1-13-11-17(21)19(27(24,25)16-9-7-14(20)8-10-16)12-18(13)26(22,23)15-5-3-2-4-6-15/h2-12,21H,1H3. The summed E-state index contributed by atoms with van der Waals surface area (Å²) in [5.74, 6) is -0.498. The molecule has 5 nitrogen and oxygen atoms in total. The SMILES string of the molecule is Cc1cc(O)c(S(=O)(=O)c2ccc(Br)cc2)cc1S(=O)(=O)c1ccccc1. The molecule has 3 rings (SSSR count). The first kappa shape index (κ1) is 19.6. The largest absolute Gasteiger partial charge is 0.507 e.